The van der Waals surface area contributed by atoms with E-state index < -0.39 is 11.8 Å². The molecule has 82 valence electrons. The monoisotopic (exact) mass is 202 g/mol. The maximum atomic E-state index is 10.4. The van der Waals surface area contributed by atoms with Crippen LogP contribution < -0.4 is 0 Å². The Hall–Kier alpha value is -0.610. The molecule has 0 aromatic rings. The zero-order chi connectivity index (χ0) is 10.6. The predicted molar refractivity (Wildman–Crippen MR) is 50.6 cm³/mol. The molecule has 0 unspecified atom stereocenters. The molecule has 0 aromatic carbocycles. The molecule has 1 saturated carbocycles. The Morgan fingerprint density at radius 2 is 1.79 bits per heavy atom. The maximum absolute atomic E-state index is 10.4. The number of carboxylic acids is 1. The average molecular weight is 202 g/mol. The summed E-state index contributed by atoms with van der Waals surface area (Å²) in [7, 11) is 0. The van der Waals surface area contributed by atoms with Gasteiger partial charge in [0, 0.05) is 6.42 Å². The van der Waals surface area contributed by atoms with Crippen molar-refractivity contribution in [2.75, 3.05) is 0 Å². The number of aliphatic carboxylic acids is 1. The lowest BCUT2D eigenvalue weighted by atomic mass is 9.85. The first-order valence-corrected chi connectivity index (χ1v) is 5.20. The molecule has 0 aliphatic heterocycles. The maximum Gasteiger partial charge on any atom is 0.364 e. The van der Waals surface area contributed by atoms with Crippen LogP contribution in [0, 0.1) is 5.92 Å². The van der Waals surface area contributed by atoms with E-state index in [0.29, 0.717) is 12.3 Å². The van der Waals surface area contributed by atoms with Gasteiger partial charge in [-0.1, -0.05) is 32.1 Å². The summed E-state index contributed by atoms with van der Waals surface area (Å²) in [6.45, 7) is 0. The van der Waals surface area contributed by atoms with E-state index >= 15 is 0 Å². The Labute approximate surface area is 83.6 Å². The lowest BCUT2D eigenvalue weighted by Crippen LogP contribution is -2.38. The zero-order valence-electron chi connectivity index (χ0n) is 8.28. The quantitative estimate of drug-likeness (QED) is 0.597. The Morgan fingerprint density at radius 3 is 2.29 bits per heavy atom. The fraction of sp³-hybridized carbons (Fsp3) is 0.900. The molecule has 1 rings (SSSR count). The molecule has 0 atom stereocenters. The van der Waals surface area contributed by atoms with Crippen LogP contribution in [-0.4, -0.2) is 27.1 Å². The van der Waals surface area contributed by atoms with Gasteiger partial charge >= 0.3 is 5.97 Å². The molecule has 4 nitrogen and oxygen atoms in total. The molecular weight excluding hydrogens is 184 g/mol. The third-order valence-electron chi connectivity index (χ3n) is 2.97. The summed E-state index contributed by atoms with van der Waals surface area (Å²) in [5.74, 6) is -3.60. The molecule has 0 bridgehead atoms. The molecule has 0 spiro atoms. The van der Waals surface area contributed by atoms with Crippen molar-refractivity contribution in [3.8, 4) is 0 Å². The van der Waals surface area contributed by atoms with Crippen molar-refractivity contribution in [3.63, 3.8) is 0 Å². The fourth-order valence-corrected chi connectivity index (χ4v) is 1.99. The smallest absolute Gasteiger partial charge is 0.364 e. The van der Waals surface area contributed by atoms with Gasteiger partial charge in [0.1, 0.15) is 0 Å². The van der Waals surface area contributed by atoms with Crippen molar-refractivity contribution in [3.05, 3.63) is 0 Å². The Kier molecular flexibility index (Phi) is 3.89. The minimum Gasteiger partial charge on any atom is -0.477 e. The second-order valence-electron chi connectivity index (χ2n) is 4.16. The van der Waals surface area contributed by atoms with Gasteiger partial charge in [-0.25, -0.2) is 4.79 Å². The van der Waals surface area contributed by atoms with Gasteiger partial charge in [-0.3, -0.25) is 0 Å². The van der Waals surface area contributed by atoms with E-state index in [1.807, 2.05) is 0 Å². The first kappa shape index (κ1) is 11.5. The molecule has 1 aliphatic rings. The highest BCUT2D eigenvalue weighted by molar-refractivity contribution is 5.74. The molecule has 3 N–H and O–H groups in total. The normalized spacial score (nSPS) is 19.6. The van der Waals surface area contributed by atoms with Crippen LogP contribution in [0.5, 0.6) is 0 Å². The number of hydrogen-bond donors (Lipinski definition) is 3. The van der Waals surface area contributed by atoms with Crippen LogP contribution >= 0.6 is 0 Å². The van der Waals surface area contributed by atoms with E-state index in [1.54, 1.807) is 0 Å². The van der Waals surface area contributed by atoms with E-state index in [1.165, 1.54) is 19.3 Å². The van der Waals surface area contributed by atoms with Gasteiger partial charge in [0.2, 0.25) is 0 Å². The third kappa shape index (κ3) is 3.27. The topological polar surface area (TPSA) is 77.8 Å². The summed E-state index contributed by atoms with van der Waals surface area (Å²) in [5.41, 5.74) is 0. The molecular formula is C10H18O4. The first-order valence-electron chi connectivity index (χ1n) is 5.20. The summed E-state index contributed by atoms with van der Waals surface area (Å²) in [4.78, 5) is 10.4. The van der Waals surface area contributed by atoms with Crippen molar-refractivity contribution < 1.29 is 20.1 Å². The number of rotatable bonds is 4. The fourth-order valence-electron chi connectivity index (χ4n) is 1.99. The van der Waals surface area contributed by atoms with E-state index in [0.717, 1.165) is 12.8 Å². The van der Waals surface area contributed by atoms with Gasteiger partial charge < -0.3 is 15.3 Å². The van der Waals surface area contributed by atoms with E-state index in [2.05, 4.69) is 0 Å². The van der Waals surface area contributed by atoms with Gasteiger partial charge in [-0.15, -0.1) is 0 Å². The minimum absolute atomic E-state index is 0.0625. The number of aliphatic hydroxyl groups is 2. The second-order valence-corrected chi connectivity index (χ2v) is 4.16. The molecule has 0 saturated heterocycles. The highest BCUT2D eigenvalue weighted by Gasteiger charge is 2.33. The Bertz CT molecular complexity index is 194. The highest BCUT2D eigenvalue weighted by Crippen LogP contribution is 2.28. The van der Waals surface area contributed by atoms with Crippen molar-refractivity contribution in [1.29, 1.82) is 0 Å². The number of hydrogen-bond acceptors (Lipinski definition) is 3. The van der Waals surface area contributed by atoms with Crippen LogP contribution in [0.1, 0.15) is 44.9 Å². The van der Waals surface area contributed by atoms with Crippen molar-refractivity contribution in [2.45, 2.75) is 50.7 Å². The van der Waals surface area contributed by atoms with Gasteiger partial charge in [-0.05, 0) is 12.3 Å². The van der Waals surface area contributed by atoms with Gasteiger partial charge in [0.05, 0.1) is 0 Å². The molecule has 0 radical (unpaired) electrons. The summed E-state index contributed by atoms with van der Waals surface area (Å²) < 4.78 is 0. The van der Waals surface area contributed by atoms with Gasteiger partial charge in [0.25, 0.3) is 5.79 Å². The van der Waals surface area contributed by atoms with Crippen LogP contribution in [-0.2, 0) is 4.79 Å². The summed E-state index contributed by atoms with van der Waals surface area (Å²) in [6, 6.07) is 0. The standard InChI is InChI=1S/C10H18O4/c11-9(12)10(13,14)7-6-8-4-2-1-3-5-8/h8,13-14H,1-7H2,(H,11,12). The number of carbonyl (C=O) groups is 1. The molecule has 1 aliphatic carbocycles. The molecule has 1 fully saturated rings. The summed E-state index contributed by atoms with van der Waals surface area (Å²) >= 11 is 0. The Morgan fingerprint density at radius 1 is 1.21 bits per heavy atom. The molecule has 0 amide bonds. The van der Waals surface area contributed by atoms with Gasteiger partial charge in [-0.2, -0.15) is 0 Å². The predicted octanol–water partition coefficient (Wildman–Crippen LogP) is 1.11. The molecule has 14 heavy (non-hydrogen) atoms. The third-order valence-corrected chi connectivity index (χ3v) is 2.97. The lowest BCUT2D eigenvalue weighted by Gasteiger charge is -2.24. The van der Waals surface area contributed by atoms with Crippen LogP contribution in [0.25, 0.3) is 0 Å². The van der Waals surface area contributed by atoms with E-state index in [9.17, 15) is 4.79 Å². The SMILES string of the molecule is O=C(O)C(O)(O)CCC1CCCCC1. The van der Waals surface area contributed by atoms with Crippen LogP contribution in [0.2, 0.25) is 0 Å². The minimum atomic E-state index is -2.53. The van der Waals surface area contributed by atoms with E-state index in [4.69, 9.17) is 15.3 Å². The molecule has 0 aromatic heterocycles. The molecule has 0 heterocycles. The highest BCUT2D eigenvalue weighted by atomic mass is 16.5. The first-order chi connectivity index (χ1) is 6.52. The van der Waals surface area contributed by atoms with Crippen LogP contribution in [0.3, 0.4) is 0 Å². The summed E-state index contributed by atoms with van der Waals surface area (Å²) in [5, 5.41) is 26.6. The zero-order valence-corrected chi connectivity index (χ0v) is 8.28. The summed E-state index contributed by atoms with van der Waals surface area (Å²) in [6.07, 6.45) is 6.33. The van der Waals surface area contributed by atoms with E-state index in [-0.39, 0.29) is 6.42 Å². The van der Waals surface area contributed by atoms with Crippen molar-refractivity contribution >= 4 is 5.97 Å². The number of carboxylic acid groups (broad SMARTS) is 1. The van der Waals surface area contributed by atoms with Gasteiger partial charge in [0.15, 0.2) is 0 Å². The lowest BCUT2D eigenvalue weighted by molar-refractivity contribution is -0.206. The molecule has 4 heteroatoms. The second kappa shape index (κ2) is 4.75. The van der Waals surface area contributed by atoms with Crippen LogP contribution in [0.4, 0.5) is 0 Å². The van der Waals surface area contributed by atoms with Crippen molar-refractivity contribution in [1.82, 2.24) is 0 Å². The largest absolute Gasteiger partial charge is 0.477 e. The van der Waals surface area contributed by atoms with Crippen molar-refractivity contribution in [2.24, 2.45) is 5.92 Å². The van der Waals surface area contributed by atoms with Crippen LogP contribution in [0.15, 0.2) is 0 Å². The Balaban J connectivity index is 2.28. The average Bonchev–Trinajstić information content (AvgIpc) is 2.16.